The van der Waals surface area contributed by atoms with E-state index in [0.717, 1.165) is 30.5 Å². The quantitative estimate of drug-likeness (QED) is 0.0580. The van der Waals surface area contributed by atoms with Crippen LogP contribution in [0.4, 0.5) is 0 Å². The molecule has 0 aromatic heterocycles. The molecule has 0 radical (unpaired) electrons. The van der Waals surface area contributed by atoms with Gasteiger partial charge in [0.25, 0.3) is 0 Å². The van der Waals surface area contributed by atoms with Crippen molar-refractivity contribution in [2.24, 2.45) is 5.92 Å². The number of Topliss-reactive ketones (excluding diaryl/α,β-unsaturated/α-hetero) is 1. The number of carbonyl (C=O) groups is 1. The Morgan fingerprint density at radius 3 is 1.65 bits per heavy atom. The Hall–Kier alpha value is -0.100. The van der Waals surface area contributed by atoms with Crippen LogP contribution in [0.1, 0.15) is 129 Å². The summed E-state index contributed by atoms with van der Waals surface area (Å²) in [6.07, 6.45) is 23.0. The van der Waals surface area contributed by atoms with E-state index in [1.165, 1.54) is 96.3 Å². The molecular formula is C30H63NO5P+. The Bertz CT molecular complexity index is 501. The molecule has 0 fully saturated rings. The van der Waals surface area contributed by atoms with Gasteiger partial charge in [-0.1, -0.05) is 103 Å². The van der Waals surface area contributed by atoms with Gasteiger partial charge in [0.2, 0.25) is 0 Å². The Morgan fingerprint density at radius 1 is 0.703 bits per heavy atom. The number of ether oxygens (including phenoxy) is 1. The molecule has 0 rings (SSSR count). The van der Waals surface area contributed by atoms with Crippen molar-refractivity contribution in [3.63, 3.8) is 0 Å². The monoisotopic (exact) mass is 548 g/mol. The lowest BCUT2D eigenvalue weighted by molar-refractivity contribution is -0.870. The molecule has 6 nitrogen and oxygen atoms in total. The Balaban J connectivity index is 3.60. The highest BCUT2D eigenvalue weighted by Crippen LogP contribution is 2.33. The van der Waals surface area contributed by atoms with Gasteiger partial charge in [0, 0.05) is 25.4 Å². The predicted octanol–water partition coefficient (Wildman–Crippen LogP) is 8.21. The number of carbonyl (C=O) groups excluding carboxylic acids is 1. The van der Waals surface area contributed by atoms with E-state index < -0.39 is 8.60 Å². The molecule has 0 bridgehead atoms. The van der Waals surface area contributed by atoms with E-state index >= 15 is 0 Å². The highest BCUT2D eigenvalue weighted by atomic mass is 31.2. The standard InChI is InChI=1S/C30H63NO5P/c1-6-7-8-9-10-11-12-13-14-15-16-17-18-19-20-21-24-34-27-30(26-29(2)32)28-36-37(33)35-25-22-23-31(3,4)5/h30,33H,6-28H2,1-5H3/q+1. The van der Waals surface area contributed by atoms with Gasteiger partial charge in [-0.15, -0.1) is 0 Å². The molecule has 0 aliphatic rings. The number of hydrogen-bond acceptors (Lipinski definition) is 5. The predicted molar refractivity (Wildman–Crippen MR) is 158 cm³/mol. The van der Waals surface area contributed by atoms with Crippen molar-refractivity contribution in [1.82, 2.24) is 0 Å². The van der Waals surface area contributed by atoms with Crippen LogP contribution in [0.25, 0.3) is 0 Å². The van der Waals surface area contributed by atoms with Gasteiger partial charge in [-0.05, 0) is 13.3 Å². The van der Waals surface area contributed by atoms with E-state index in [9.17, 15) is 9.69 Å². The van der Waals surface area contributed by atoms with Crippen molar-refractivity contribution in [3.8, 4) is 0 Å². The maximum absolute atomic E-state index is 11.6. The van der Waals surface area contributed by atoms with Crippen LogP contribution in [0.15, 0.2) is 0 Å². The van der Waals surface area contributed by atoms with Crippen molar-refractivity contribution < 1.29 is 28.0 Å². The second-order valence-corrected chi connectivity index (χ2v) is 12.9. The minimum atomic E-state index is -1.90. The van der Waals surface area contributed by atoms with Gasteiger partial charge in [0.15, 0.2) is 0 Å². The SMILES string of the molecule is CCCCCCCCCCCCCCCCCCOCC(COP(O)OCCC[N+](C)(C)C)CC(C)=O. The molecule has 0 saturated heterocycles. The second-order valence-electron chi connectivity index (χ2n) is 11.9. The van der Waals surface area contributed by atoms with Crippen molar-refractivity contribution in [2.75, 3.05) is 54.1 Å². The molecule has 0 heterocycles. The van der Waals surface area contributed by atoms with Crippen LogP contribution in [0.5, 0.6) is 0 Å². The number of ketones is 1. The number of quaternary nitrogens is 1. The Morgan fingerprint density at radius 2 is 1.19 bits per heavy atom. The molecule has 0 aliphatic carbocycles. The molecule has 7 heteroatoms. The largest absolute Gasteiger partial charge is 0.381 e. The first-order valence-electron chi connectivity index (χ1n) is 15.4. The summed E-state index contributed by atoms with van der Waals surface area (Å²) in [6.45, 7) is 6.82. The van der Waals surface area contributed by atoms with E-state index in [1.54, 1.807) is 6.92 Å². The zero-order valence-corrected chi connectivity index (χ0v) is 26.2. The van der Waals surface area contributed by atoms with Crippen LogP contribution in [0, 0.1) is 5.92 Å². The van der Waals surface area contributed by atoms with Gasteiger partial charge in [0.1, 0.15) is 5.78 Å². The van der Waals surface area contributed by atoms with Gasteiger partial charge in [-0.3, -0.25) is 0 Å². The fourth-order valence-corrected chi connectivity index (χ4v) is 5.16. The smallest absolute Gasteiger partial charge is 0.329 e. The molecule has 0 amide bonds. The lowest BCUT2D eigenvalue weighted by Crippen LogP contribution is -2.35. The fraction of sp³-hybridized carbons (Fsp3) is 0.967. The molecule has 0 spiro atoms. The van der Waals surface area contributed by atoms with Gasteiger partial charge in [-0.25, -0.2) is 0 Å². The number of hydrogen-bond donors (Lipinski definition) is 1. The first-order chi connectivity index (χ1) is 17.7. The maximum Gasteiger partial charge on any atom is 0.329 e. The van der Waals surface area contributed by atoms with Crippen molar-refractivity contribution in [3.05, 3.63) is 0 Å². The summed E-state index contributed by atoms with van der Waals surface area (Å²) >= 11 is 0. The normalized spacial score (nSPS) is 13.7. The summed E-state index contributed by atoms with van der Waals surface area (Å²) < 4.78 is 17.6. The molecule has 0 aromatic rings. The molecule has 0 saturated carbocycles. The molecule has 0 aromatic carbocycles. The van der Waals surface area contributed by atoms with E-state index in [1.807, 2.05) is 0 Å². The summed E-state index contributed by atoms with van der Waals surface area (Å²) in [5.74, 6) is 0.0799. The molecule has 0 aliphatic heterocycles. The number of unbranched alkanes of at least 4 members (excludes halogenated alkanes) is 15. The zero-order chi connectivity index (χ0) is 27.6. The van der Waals surface area contributed by atoms with E-state index in [4.69, 9.17) is 13.8 Å². The average Bonchev–Trinajstić information content (AvgIpc) is 2.83. The first-order valence-corrected chi connectivity index (χ1v) is 16.5. The minimum Gasteiger partial charge on any atom is -0.381 e. The lowest BCUT2D eigenvalue weighted by Gasteiger charge is -2.23. The Labute approximate surface area is 231 Å². The zero-order valence-electron chi connectivity index (χ0n) is 25.3. The third-order valence-electron chi connectivity index (χ3n) is 6.67. The summed E-state index contributed by atoms with van der Waals surface area (Å²) in [7, 11) is 4.49. The van der Waals surface area contributed by atoms with Crippen molar-refractivity contribution in [1.29, 1.82) is 0 Å². The van der Waals surface area contributed by atoms with Gasteiger partial charge in [-0.2, -0.15) is 0 Å². The highest BCUT2D eigenvalue weighted by molar-refractivity contribution is 7.40. The number of nitrogens with zero attached hydrogens (tertiary/aromatic N) is 1. The van der Waals surface area contributed by atoms with Crippen LogP contribution in [-0.4, -0.2) is 69.3 Å². The average molecular weight is 549 g/mol. The maximum atomic E-state index is 11.6. The topological polar surface area (TPSA) is 65.0 Å². The molecule has 2 unspecified atom stereocenters. The minimum absolute atomic E-state index is 0.0365. The van der Waals surface area contributed by atoms with Crippen LogP contribution in [0.2, 0.25) is 0 Å². The molecule has 37 heavy (non-hydrogen) atoms. The molecular weight excluding hydrogens is 485 g/mol. The highest BCUT2D eigenvalue weighted by Gasteiger charge is 2.16. The lowest BCUT2D eigenvalue weighted by atomic mass is 10.0. The third kappa shape index (κ3) is 30.3. The van der Waals surface area contributed by atoms with Crippen molar-refractivity contribution in [2.45, 2.75) is 129 Å². The van der Waals surface area contributed by atoms with E-state index in [2.05, 4.69) is 28.1 Å². The molecule has 1 N–H and O–H groups in total. The van der Waals surface area contributed by atoms with E-state index in [0.29, 0.717) is 19.6 Å². The van der Waals surface area contributed by atoms with Crippen LogP contribution in [0.3, 0.4) is 0 Å². The van der Waals surface area contributed by atoms with Crippen LogP contribution < -0.4 is 0 Å². The third-order valence-corrected chi connectivity index (χ3v) is 7.44. The van der Waals surface area contributed by atoms with Gasteiger partial charge < -0.3 is 28.0 Å². The van der Waals surface area contributed by atoms with Crippen molar-refractivity contribution >= 4 is 14.4 Å². The first kappa shape index (κ1) is 36.9. The summed E-state index contributed by atoms with van der Waals surface area (Å²) in [4.78, 5) is 21.6. The Kier molecular flexibility index (Phi) is 26.1. The van der Waals surface area contributed by atoms with Gasteiger partial charge >= 0.3 is 8.60 Å². The second kappa shape index (κ2) is 26.1. The molecule has 2 atom stereocenters. The summed E-state index contributed by atoms with van der Waals surface area (Å²) in [5.41, 5.74) is 0. The summed E-state index contributed by atoms with van der Waals surface area (Å²) in [6, 6.07) is 0. The fourth-order valence-electron chi connectivity index (χ4n) is 4.46. The van der Waals surface area contributed by atoms with Crippen LogP contribution >= 0.6 is 8.60 Å². The summed E-state index contributed by atoms with van der Waals surface area (Å²) in [5, 5.41) is 0. The van der Waals surface area contributed by atoms with Gasteiger partial charge in [0.05, 0.1) is 47.5 Å². The van der Waals surface area contributed by atoms with Crippen LogP contribution in [-0.2, 0) is 18.6 Å². The molecule has 222 valence electrons. The van der Waals surface area contributed by atoms with E-state index in [-0.39, 0.29) is 18.3 Å². The number of rotatable bonds is 29.